The van der Waals surface area contributed by atoms with Crippen molar-refractivity contribution in [2.24, 2.45) is 0 Å². The van der Waals surface area contributed by atoms with Gasteiger partial charge in [0.05, 0.1) is 17.2 Å². The summed E-state index contributed by atoms with van der Waals surface area (Å²) in [5, 5.41) is 0.573. The zero-order valence-corrected chi connectivity index (χ0v) is 11.5. The maximum atomic E-state index is 5.94. The molecule has 0 aromatic carbocycles. The van der Waals surface area contributed by atoms with Crippen LogP contribution in [0.4, 0.5) is 0 Å². The summed E-state index contributed by atoms with van der Waals surface area (Å²) < 4.78 is 7.33. The Morgan fingerprint density at radius 3 is 3.00 bits per heavy atom. The van der Waals surface area contributed by atoms with Crippen LogP contribution in [-0.2, 0) is 18.8 Å². The lowest BCUT2D eigenvalue weighted by atomic mass is 10.3. The van der Waals surface area contributed by atoms with Crippen molar-refractivity contribution < 1.29 is 4.42 Å². The van der Waals surface area contributed by atoms with Crippen molar-refractivity contribution in [3.05, 3.63) is 47.3 Å². The molecular weight excluding hydrogens is 285 g/mol. The maximum absolute atomic E-state index is 5.94. The van der Waals surface area contributed by atoms with E-state index >= 15 is 0 Å². The summed E-state index contributed by atoms with van der Waals surface area (Å²) in [6.07, 6.45) is 4.06. The van der Waals surface area contributed by atoms with Crippen molar-refractivity contribution in [3.63, 3.8) is 0 Å². The van der Waals surface area contributed by atoms with Crippen LogP contribution in [0.5, 0.6) is 0 Å². The average molecular weight is 296 g/mol. The fourth-order valence-electron chi connectivity index (χ4n) is 2.05. The van der Waals surface area contributed by atoms with E-state index in [1.54, 1.807) is 18.5 Å². The van der Waals surface area contributed by atoms with Gasteiger partial charge in [0.25, 0.3) is 0 Å². The van der Waals surface area contributed by atoms with Crippen LogP contribution >= 0.6 is 23.2 Å². The monoisotopic (exact) mass is 295 g/mol. The first-order valence-electron chi connectivity index (χ1n) is 5.87. The number of rotatable bonds is 4. The Balaban J connectivity index is 1.96. The Hall–Kier alpha value is -1.52. The number of halogens is 2. The Bertz CT molecular complexity index is 691. The lowest BCUT2D eigenvalue weighted by molar-refractivity contribution is 0.491. The quantitative estimate of drug-likeness (QED) is 0.690. The highest BCUT2D eigenvalue weighted by molar-refractivity contribution is 6.31. The van der Waals surface area contributed by atoms with Gasteiger partial charge < -0.3 is 8.98 Å². The van der Waals surface area contributed by atoms with Gasteiger partial charge in [0, 0.05) is 19.2 Å². The number of aromatic nitrogens is 3. The van der Waals surface area contributed by atoms with Crippen LogP contribution in [0.2, 0.25) is 5.02 Å². The summed E-state index contributed by atoms with van der Waals surface area (Å²) >= 11 is 11.9. The van der Waals surface area contributed by atoms with Crippen molar-refractivity contribution in [2.45, 2.75) is 18.8 Å². The molecule has 3 heterocycles. The van der Waals surface area contributed by atoms with Gasteiger partial charge in [-0.25, -0.2) is 9.97 Å². The molecule has 4 nitrogen and oxygen atoms in total. The first-order chi connectivity index (χ1) is 9.28. The van der Waals surface area contributed by atoms with Gasteiger partial charge in [0.1, 0.15) is 17.1 Å². The molecule has 0 aliphatic carbocycles. The molecule has 19 heavy (non-hydrogen) atoms. The number of hydrogen-bond acceptors (Lipinski definition) is 3. The number of pyridine rings is 1. The van der Waals surface area contributed by atoms with E-state index in [2.05, 4.69) is 9.97 Å². The lowest BCUT2D eigenvalue weighted by Crippen LogP contribution is -2.05. The molecule has 0 saturated carbocycles. The zero-order chi connectivity index (χ0) is 13.2. The predicted molar refractivity (Wildman–Crippen MR) is 74.5 cm³/mol. The van der Waals surface area contributed by atoms with Crippen molar-refractivity contribution in [1.82, 2.24) is 14.5 Å². The van der Waals surface area contributed by atoms with E-state index in [1.165, 1.54) is 0 Å². The van der Waals surface area contributed by atoms with E-state index in [0.717, 1.165) is 35.7 Å². The third-order valence-corrected chi connectivity index (χ3v) is 3.36. The van der Waals surface area contributed by atoms with Gasteiger partial charge in [-0.2, -0.15) is 0 Å². The molecule has 0 amide bonds. The van der Waals surface area contributed by atoms with Crippen LogP contribution in [0, 0.1) is 0 Å². The number of nitrogens with zero attached hydrogens (tertiary/aromatic N) is 3. The topological polar surface area (TPSA) is 43.9 Å². The molecule has 3 aromatic heterocycles. The molecule has 98 valence electrons. The minimum Gasteiger partial charge on any atom is -0.469 e. The molecule has 0 radical (unpaired) electrons. The van der Waals surface area contributed by atoms with Crippen molar-refractivity contribution in [3.8, 4) is 0 Å². The molecule has 3 aromatic rings. The SMILES string of the molecule is ClCc1nc2cc(Cl)cnc2n1CCc1ccco1. The van der Waals surface area contributed by atoms with E-state index in [4.69, 9.17) is 27.6 Å². The molecular formula is C13H11Cl2N3O. The molecule has 0 bridgehead atoms. The average Bonchev–Trinajstić information content (AvgIpc) is 3.02. The highest BCUT2D eigenvalue weighted by atomic mass is 35.5. The van der Waals surface area contributed by atoms with Gasteiger partial charge in [0.15, 0.2) is 5.65 Å². The summed E-state index contributed by atoms with van der Waals surface area (Å²) in [5.41, 5.74) is 1.56. The molecule has 0 spiro atoms. The molecule has 0 N–H and O–H groups in total. The third kappa shape index (κ3) is 2.46. The van der Waals surface area contributed by atoms with Gasteiger partial charge in [0.2, 0.25) is 0 Å². The van der Waals surface area contributed by atoms with E-state index in [9.17, 15) is 0 Å². The maximum Gasteiger partial charge on any atom is 0.160 e. The fourth-order valence-corrected chi connectivity index (χ4v) is 2.40. The second kappa shape index (κ2) is 5.23. The van der Waals surface area contributed by atoms with Crippen LogP contribution in [0.25, 0.3) is 11.2 Å². The Kier molecular flexibility index (Phi) is 3.44. The van der Waals surface area contributed by atoms with Crippen LogP contribution < -0.4 is 0 Å². The first-order valence-corrected chi connectivity index (χ1v) is 6.78. The second-order valence-electron chi connectivity index (χ2n) is 4.14. The van der Waals surface area contributed by atoms with Crippen molar-refractivity contribution >= 4 is 34.4 Å². The van der Waals surface area contributed by atoms with Crippen LogP contribution in [-0.4, -0.2) is 14.5 Å². The molecule has 0 unspecified atom stereocenters. The van der Waals surface area contributed by atoms with Gasteiger partial charge in [-0.05, 0) is 18.2 Å². The summed E-state index contributed by atoms with van der Waals surface area (Å²) in [7, 11) is 0. The third-order valence-electron chi connectivity index (χ3n) is 2.91. The Labute approximate surface area is 120 Å². The van der Waals surface area contributed by atoms with E-state index in [-0.39, 0.29) is 0 Å². The zero-order valence-electron chi connectivity index (χ0n) is 10.0. The molecule has 0 aliphatic rings. The number of fused-ring (bicyclic) bond motifs is 1. The van der Waals surface area contributed by atoms with E-state index in [1.807, 2.05) is 16.7 Å². The summed E-state index contributed by atoms with van der Waals surface area (Å²) in [6, 6.07) is 5.62. The number of furan rings is 1. The lowest BCUT2D eigenvalue weighted by Gasteiger charge is -2.05. The molecule has 0 aliphatic heterocycles. The van der Waals surface area contributed by atoms with Gasteiger partial charge >= 0.3 is 0 Å². The standard InChI is InChI=1S/C13H11Cl2N3O/c14-7-12-17-11-6-9(15)8-16-13(11)18(12)4-3-10-2-1-5-19-10/h1-2,5-6,8H,3-4,7H2. The molecule has 3 rings (SSSR count). The summed E-state index contributed by atoms with van der Waals surface area (Å²) in [4.78, 5) is 8.77. The Morgan fingerprint density at radius 1 is 1.37 bits per heavy atom. The second-order valence-corrected chi connectivity index (χ2v) is 4.84. The van der Waals surface area contributed by atoms with Crippen LogP contribution in [0.3, 0.4) is 0 Å². The molecule has 0 atom stereocenters. The molecule has 0 saturated heterocycles. The van der Waals surface area contributed by atoms with Crippen molar-refractivity contribution in [1.29, 1.82) is 0 Å². The van der Waals surface area contributed by atoms with Crippen LogP contribution in [0.1, 0.15) is 11.6 Å². The fraction of sp³-hybridized carbons (Fsp3) is 0.231. The highest BCUT2D eigenvalue weighted by Crippen LogP contribution is 2.19. The minimum atomic E-state index is 0.339. The first kappa shape index (κ1) is 12.5. The highest BCUT2D eigenvalue weighted by Gasteiger charge is 2.12. The predicted octanol–water partition coefficient (Wildman–Crippen LogP) is 3.66. The normalized spacial score (nSPS) is 11.3. The van der Waals surface area contributed by atoms with Crippen molar-refractivity contribution in [2.75, 3.05) is 0 Å². The molecule has 6 heteroatoms. The Morgan fingerprint density at radius 2 is 2.26 bits per heavy atom. The summed E-state index contributed by atoms with van der Waals surface area (Å²) in [6.45, 7) is 0.723. The number of hydrogen-bond donors (Lipinski definition) is 0. The largest absolute Gasteiger partial charge is 0.469 e. The van der Waals surface area contributed by atoms with Gasteiger partial charge in [-0.3, -0.25) is 0 Å². The van der Waals surface area contributed by atoms with Gasteiger partial charge in [-0.15, -0.1) is 11.6 Å². The number of alkyl halides is 1. The molecule has 0 fully saturated rings. The summed E-state index contributed by atoms with van der Waals surface area (Å²) in [5.74, 6) is 2.06. The van der Waals surface area contributed by atoms with Crippen LogP contribution in [0.15, 0.2) is 35.1 Å². The van der Waals surface area contributed by atoms with Gasteiger partial charge in [-0.1, -0.05) is 11.6 Å². The number of aryl methyl sites for hydroxylation is 2. The smallest absolute Gasteiger partial charge is 0.160 e. The minimum absolute atomic E-state index is 0.339. The van der Waals surface area contributed by atoms with E-state index in [0.29, 0.717) is 10.9 Å². The number of imidazole rings is 1. The van der Waals surface area contributed by atoms with E-state index < -0.39 is 0 Å².